The predicted molar refractivity (Wildman–Crippen MR) is 75.3 cm³/mol. The number of carbonyl (C=O) groups excluding carboxylic acids is 2. The van der Waals surface area contributed by atoms with E-state index in [0.29, 0.717) is 12.2 Å². The number of esters is 1. The molecule has 0 unspecified atom stereocenters. The second-order valence-corrected chi connectivity index (χ2v) is 4.29. The molecule has 0 radical (unpaired) electrons. The van der Waals surface area contributed by atoms with Crippen LogP contribution in [0.3, 0.4) is 0 Å². The SMILES string of the molecule is CCOCC(=O)N[C@H](Cc1ccc(C#N)cc1)C(=O)OC. The van der Waals surface area contributed by atoms with Gasteiger partial charge in [-0.3, -0.25) is 4.79 Å². The molecule has 1 aromatic rings. The van der Waals surface area contributed by atoms with Crippen LogP contribution in [0, 0.1) is 11.3 Å². The van der Waals surface area contributed by atoms with Crippen molar-refractivity contribution in [3.63, 3.8) is 0 Å². The molecular weight excluding hydrogens is 272 g/mol. The molecule has 0 aliphatic rings. The molecule has 112 valence electrons. The molecule has 1 atom stereocenters. The van der Waals surface area contributed by atoms with Crippen LogP contribution in [-0.4, -0.2) is 38.2 Å². The third-order valence-corrected chi connectivity index (χ3v) is 2.78. The van der Waals surface area contributed by atoms with Crippen molar-refractivity contribution in [2.45, 2.75) is 19.4 Å². The number of methoxy groups -OCH3 is 1. The molecule has 0 saturated carbocycles. The Labute approximate surface area is 123 Å². The monoisotopic (exact) mass is 290 g/mol. The van der Waals surface area contributed by atoms with Gasteiger partial charge >= 0.3 is 5.97 Å². The highest BCUT2D eigenvalue weighted by Crippen LogP contribution is 2.07. The Balaban J connectivity index is 2.71. The summed E-state index contributed by atoms with van der Waals surface area (Å²) in [5, 5.41) is 11.3. The summed E-state index contributed by atoms with van der Waals surface area (Å²) >= 11 is 0. The Hall–Kier alpha value is -2.39. The lowest BCUT2D eigenvalue weighted by Crippen LogP contribution is -2.44. The Morgan fingerprint density at radius 2 is 2.00 bits per heavy atom. The van der Waals surface area contributed by atoms with Crippen molar-refractivity contribution in [2.75, 3.05) is 20.3 Å². The average molecular weight is 290 g/mol. The number of rotatable bonds is 7. The second kappa shape index (κ2) is 8.72. The number of nitrogens with one attached hydrogen (secondary N) is 1. The van der Waals surface area contributed by atoms with E-state index in [1.54, 1.807) is 31.2 Å². The number of nitriles is 1. The van der Waals surface area contributed by atoms with Gasteiger partial charge in [0.15, 0.2) is 0 Å². The minimum Gasteiger partial charge on any atom is -0.467 e. The van der Waals surface area contributed by atoms with E-state index in [1.807, 2.05) is 6.07 Å². The molecule has 0 fully saturated rings. The lowest BCUT2D eigenvalue weighted by molar-refractivity contribution is -0.145. The summed E-state index contributed by atoms with van der Waals surface area (Å²) in [6.07, 6.45) is 0.288. The van der Waals surface area contributed by atoms with Gasteiger partial charge in [0, 0.05) is 13.0 Å². The Morgan fingerprint density at radius 3 is 2.52 bits per heavy atom. The molecule has 0 saturated heterocycles. The molecule has 0 heterocycles. The zero-order valence-corrected chi connectivity index (χ0v) is 12.1. The summed E-state index contributed by atoms with van der Waals surface area (Å²) in [6, 6.07) is 8.03. The van der Waals surface area contributed by atoms with Crippen LogP contribution in [-0.2, 0) is 25.5 Å². The van der Waals surface area contributed by atoms with Crippen molar-refractivity contribution in [1.82, 2.24) is 5.32 Å². The molecule has 1 amide bonds. The van der Waals surface area contributed by atoms with Gasteiger partial charge in [0.05, 0.1) is 18.7 Å². The maximum Gasteiger partial charge on any atom is 0.328 e. The smallest absolute Gasteiger partial charge is 0.328 e. The molecule has 6 nitrogen and oxygen atoms in total. The van der Waals surface area contributed by atoms with Crippen LogP contribution >= 0.6 is 0 Å². The van der Waals surface area contributed by atoms with Crippen LogP contribution in [0.4, 0.5) is 0 Å². The molecule has 21 heavy (non-hydrogen) atoms. The van der Waals surface area contributed by atoms with Crippen molar-refractivity contribution in [3.8, 4) is 6.07 Å². The van der Waals surface area contributed by atoms with Crippen molar-refractivity contribution in [2.24, 2.45) is 0 Å². The fourth-order valence-corrected chi connectivity index (χ4v) is 1.72. The average Bonchev–Trinajstić information content (AvgIpc) is 2.52. The van der Waals surface area contributed by atoms with E-state index in [-0.39, 0.29) is 18.9 Å². The maximum atomic E-state index is 11.7. The third-order valence-electron chi connectivity index (χ3n) is 2.78. The second-order valence-electron chi connectivity index (χ2n) is 4.29. The van der Waals surface area contributed by atoms with E-state index < -0.39 is 12.0 Å². The molecule has 1 aromatic carbocycles. The van der Waals surface area contributed by atoms with E-state index in [4.69, 9.17) is 10.00 Å². The summed E-state index contributed by atoms with van der Waals surface area (Å²) in [5.74, 6) is -0.898. The first-order chi connectivity index (χ1) is 10.1. The molecule has 0 aliphatic heterocycles. The molecular formula is C15H18N2O4. The number of carbonyl (C=O) groups is 2. The van der Waals surface area contributed by atoms with Gasteiger partial charge in [0.25, 0.3) is 0 Å². The van der Waals surface area contributed by atoms with E-state index in [1.165, 1.54) is 7.11 Å². The van der Waals surface area contributed by atoms with E-state index in [9.17, 15) is 9.59 Å². The van der Waals surface area contributed by atoms with Crippen molar-refractivity contribution < 1.29 is 19.1 Å². The molecule has 1 rings (SSSR count). The topological polar surface area (TPSA) is 88.4 Å². The predicted octanol–water partition coefficient (Wildman–Crippen LogP) is 0.795. The fourth-order valence-electron chi connectivity index (χ4n) is 1.72. The zero-order valence-electron chi connectivity index (χ0n) is 12.1. The molecule has 1 N–H and O–H groups in total. The van der Waals surface area contributed by atoms with E-state index >= 15 is 0 Å². The van der Waals surface area contributed by atoms with Crippen LogP contribution in [0.5, 0.6) is 0 Å². The summed E-state index contributed by atoms with van der Waals surface area (Å²) in [7, 11) is 1.27. The van der Waals surface area contributed by atoms with E-state index in [2.05, 4.69) is 10.1 Å². The van der Waals surface area contributed by atoms with Gasteiger partial charge in [0.1, 0.15) is 12.6 Å². The van der Waals surface area contributed by atoms with Crippen LogP contribution in [0.25, 0.3) is 0 Å². The first-order valence-electron chi connectivity index (χ1n) is 6.54. The van der Waals surface area contributed by atoms with Gasteiger partial charge in [-0.25, -0.2) is 4.79 Å². The largest absolute Gasteiger partial charge is 0.467 e. The quantitative estimate of drug-likeness (QED) is 0.750. The lowest BCUT2D eigenvalue weighted by Gasteiger charge is -2.16. The van der Waals surface area contributed by atoms with Gasteiger partial charge in [-0.05, 0) is 24.6 Å². The summed E-state index contributed by atoms with van der Waals surface area (Å²) in [6.45, 7) is 2.10. The Bertz CT molecular complexity index is 519. The van der Waals surface area contributed by atoms with Crippen LogP contribution in [0.1, 0.15) is 18.1 Å². The molecule has 0 bridgehead atoms. The van der Waals surface area contributed by atoms with Crippen molar-refractivity contribution in [3.05, 3.63) is 35.4 Å². The van der Waals surface area contributed by atoms with Gasteiger partial charge in [-0.2, -0.15) is 5.26 Å². The maximum absolute atomic E-state index is 11.7. The number of hydrogen-bond donors (Lipinski definition) is 1. The molecule has 0 spiro atoms. The number of nitrogens with zero attached hydrogens (tertiary/aromatic N) is 1. The molecule has 0 aliphatic carbocycles. The zero-order chi connectivity index (χ0) is 15.7. The standard InChI is InChI=1S/C15H18N2O4/c1-3-21-10-14(18)17-13(15(19)20-2)8-11-4-6-12(9-16)7-5-11/h4-7,13H,3,8,10H2,1-2H3,(H,17,18)/t13-/m1/s1. The highest BCUT2D eigenvalue weighted by atomic mass is 16.5. The van der Waals surface area contributed by atoms with Crippen molar-refractivity contribution >= 4 is 11.9 Å². The minimum absolute atomic E-state index is 0.0998. The van der Waals surface area contributed by atoms with Gasteiger partial charge in [-0.1, -0.05) is 12.1 Å². The third kappa shape index (κ3) is 5.63. The first-order valence-corrected chi connectivity index (χ1v) is 6.54. The van der Waals surface area contributed by atoms with Gasteiger partial charge in [0.2, 0.25) is 5.91 Å². The first kappa shape index (κ1) is 16.7. The number of amides is 1. The lowest BCUT2D eigenvalue weighted by atomic mass is 10.0. The number of benzene rings is 1. The highest BCUT2D eigenvalue weighted by Gasteiger charge is 2.21. The van der Waals surface area contributed by atoms with Crippen LogP contribution < -0.4 is 5.32 Å². The fraction of sp³-hybridized carbons (Fsp3) is 0.400. The Kier molecular flexibility index (Phi) is 6.92. The summed E-state index contributed by atoms with van der Waals surface area (Å²) in [5.41, 5.74) is 1.36. The van der Waals surface area contributed by atoms with Gasteiger partial charge < -0.3 is 14.8 Å². The summed E-state index contributed by atoms with van der Waals surface area (Å²) in [4.78, 5) is 23.4. The minimum atomic E-state index is -0.782. The van der Waals surface area contributed by atoms with Crippen LogP contribution in [0.15, 0.2) is 24.3 Å². The Morgan fingerprint density at radius 1 is 1.33 bits per heavy atom. The summed E-state index contributed by atoms with van der Waals surface area (Å²) < 4.78 is 9.68. The van der Waals surface area contributed by atoms with Gasteiger partial charge in [-0.15, -0.1) is 0 Å². The molecule has 6 heteroatoms. The normalized spacial score (nSPS) is 11.3. The van der Waals surface area contributed by atoms with Crippen molar-refractivity contribution in [1.29, 1.82) is 5.26 Å². The highest BCUT2D eigenvalue weighted by molar-refractivity contribution is 5.85. The number of ether oxygens (including phenoxy) is 2. The van der Waals surface area contributed by atoms with Crippen LogP contribution in [0.2, 0.25) is 0 Å². The number of hydrogen-bond acceptors (Lipinski definition) is 5. The van der Waals surface area contributed by atoms with E-state index in [0.717, 1.165) is 5.56 Å². The molecule has 0 aromatic heterocycles.